The zero-order valence-electron chi connectivity index (χ0n) is 10.2. The molecule has 0 radical (unpaired) electrons. The van der Waals surface area contributed by atoms with Crippen molar-refractivity contribution in [2.45, 2.75) is 0 Å². The van der Waals surface area contributed by atoms with Crippen molar-refractivity contribution in [3.05, 3.63) is 34.7 Å². The van der Waals surface area contributed by atoms with Crippen LogP contribution in [0.1, 0.15) is 10.5 Å². The van der Waals surface area contributed by atoms with E-state index in [1.165, 1.54) is 19.2 Å². The van der Waals surface area contributed by atoms with Crippen LogP contribution in [0.15, 0.2) is 18.2 Å². The van der Waals surface area contributed by atoms with Gasteiger partial charge in [-0.3, -0.25) is 0 Å². The van der Waals surface area contributed by atoms with Gasteiger partial charge < -0.3 is 15.6 Å². The predicted octanol–water partition coefficient (Wildman–Crippen LogP) is 2.23. The Kier molecular flexibility index (Phi) is 3.71. The van der Waals surface area contributed by atoms with E-state index < -0.39 is 17.5 Å². The van der Waals surface area contributed by atoms with Crippen molar-refractivity contribution < 1.29 is 19.0 Å². The topological polar surface area (TPSA) is 98.3 Å². The van der Waals surface area contributed by atoms with Crippen molar-refractivity contribution in [1.29, 1.82) is 0 Å². The van der Waals surface area contributed by atoms with E-state index in [1.807, 2.05) is 0 Å². The molecule has 1 aromatic heterocycles. The first kappa shape index (κ1) is 14.0. The number of methoxy groups -OCH3 is 1. The van der Waals surface area contributed by atoms with Gasteiger partial charge in [0, 0.05) is 5.56 Å². The quantitative estimate of drug-likeness (QED) is 0.901. The highest BCUT2D eigenvalue weighted by atomic mass is 35.5. The lowest BCUT2D eigenvalue weighted by Gasteiger charge is -2.09. The van der Waals surface area contributed by atoms with Gasteiger partial charge in [-0.05, 0) is 18.2 Å². The maximum Gasteiger partial charge on any atom is 0.358 e. The molecule has 0 atom stereocenters. The summed E-state index contributed by atoms with van der Waals surface area (Å²) in [7, 11) is 1.25. The Bertz CT molecular complexity index is 694. The lowest BCUT2D eigenvalue weighted by molar-refractivity contribution is 0.0686. The van der Waals surface area contributed by atoms with E-state index in [4.69, 9.17) is 27.2 Å². The maximum atomic E-state index is 13.4. The Morgan fingerprint density at radius 2 is 2.15 bits per heavy atom. The summed E-state index contributed by atoms with van der Waals surface area (Å²) in [5, 5.41) is 9.01. The second-order valence-electron chi connectivity index (χ2n) is 3.75. The van der Waals surface area contributed by atoms with Crippen LogP contribution in [0.25, 0.3) is 11.4 Å². The second kappa shape index (κ2) is 5.30. The molecule has 0 fully saturated rings. The van der Waals surface area contributed by atoms with Gasteiger partial charge in [-0.15, -0.1) is 0 Å². The fraction of sp³-hybridized carbons (Fsp3) is 0.0833. The molecule has 2 aromatic rings. The molecular weight excluding hydrogens is 289 g/mol. The third kappa shape index (κ3) is 2.48. The number of carboxylic acid groups (broad SMARTS) is 1. The Balaban J connectivity index is 2.63. The van der Waals surface area contributed by atoms with Gasteiger partial charge >= 0.3 is 5.97 Å². The molecule has 3 N–H and O–H groups in total. The highest BCUT2D eigenvalue weighted by Gasteiger charge is 2.20. The number of carbonyl (C=O) groups is 1. The number of ether oxygens (including phenoxy) is 1. The molecule has 0 saturated heterocycles. The molecule has 1 heterocycles. The van der Waals surface area contributed by atoms with Gasteiger partial charge in [-0.2, -0.15) is 0 Å². The molecule has 0 bridgehead atoms. The minimum atomic E-state index is -1.33. The van der Waals surface area contributed by atoms with Crippen LogP contribution in [0.4, 0.5) is 10.2 Å². The van der Waals surface area contributed by atoms with Gasteiger partial charge in [-0.25, -0.2) is 19.2 Å². The Morgan fingerprint density at radius 3 is 2.70 bits per heavy atom. The summed E-state index contributed by atoms with van der Waals surface area (Å²) in [5.74, 6) is -2.32. The summed E-state index contributed by atoms with van der Waals surface area (Å²) < 4.78 is 18.3. The number of benzene rings is 1. The fourth-order valence-electron chi connectivity index (χ4n) is 1.58. The van der Waals surface area contributed by atoms with Crippen LogP contribution in [-0.2, 0) is 0 Å². The number of nitrogens with zero attached hydrogens (tertiary/aromatic N) is 2. The molecule has 6 nitrogen and oxygen atoms in total. The lowest BCUT2D eigenvalue weighted by Crippen LogP contribution is -2.09. The summed E-state index contributed by atoms with van der Waals surface area (Å²) in [6.45, 7) is 0. The summed E-state index contributed by atoms with van der Waals surface area (Å²) in [6.07, 6.45) is 0. The first-order valence-corrected chi connectivity index (χ1v) is 5.72. The SMILES string of the molecule is COc1c(N)nc(-c2ccc(Cl)c(F)c2)nc1C(=O)O. The highest BCUT2D eigenvalue weighted by Crippen LogP contribution is 2.28. The monoisotopic (exact) mass is 297 g/mol. The summed E-state index contributed by atoms with van der Waals surface area (Å²) in [5.41, 5.74) is 5.47. The zero-order valence-corrected chi connectivity index (χ0v) is 11.0. The van der Waals surface area contributed by atoms with Crippen LogP contribution in [0.5, 0.6) is 5.75 Å². The second-order valence-corrected chi connectivity index (χ2v) is 4.16. The van der Waals surface area contributed by atoms with Crippen molar-refractivity contribution in [3.63, 3.8) is 0 Å². The molecule has 8 heteroatoms. The minimum absolute atomic E-state index is 0.0312. The van der Waals surface area contributed by atoms with E-state index in [0.29, 0.717) is 0 Å². The maximum absolute atomic E-state index is 13.4. The molecule has 0 amide bonds. The third-order valence-electron chi connectivity index (χ3n) is 2.48. The Morgan fingerprint density at radius 1 is 1.45 bits per heavy atom. The fourth-order valence-corrected chi connectivity index (χ4v) is 1.70. The molecule has 104 valence electrons. The number of anilines is 1. The van der Waals surface area contributed by atoms with E-state index in [9.17, 15) is 9.18 Å². The first-order valence-electron chi connectivity index (χ1n) is 5.34. The molecule has 2 rings (SSSR count). The molecule has 0 aliphatic carbocycles. The van der Waals surface area contributed by atoms with Crippen LogP contribution in [0, 0.1) is 5.82 Å². The standard InChI is InChI=1S/C12H9ClFN3O3/c1-20-9-8(12(18)19)16-11(17-10(9)15)5-2-3-6(13)7(14)4-5/h2-4H,1H3,(H,18,19)(H2,15,16,17). The highest BCUT2D eigenvalue weighted by molar-refractivity contribution is 6.30. The third-order valence-corrected chi connectivity index (χ3v) is 2.78. The van der Waals surface area contributed by atoms with Crippen molar-refractivity contribution in [1.82, 2.24) is 9.97 Å². The zero-order chi connectivity index (χ0) is 14.9. The number of aromatic nitrogens is 2. The number of halogens is 2. The van der Waals surface area contributed by atoms with Gasteiger partial charge in [0.1, 0.15) is 5.82 Å². The van der Waals surface area contributed by atoms with E-state index in [1.54, 1.807) is 0 Å². The molecule has 0 unspecified atom stereocenters. The normalized spacial score (nSPS) is 10.3. The Hall–Kier alpha value is -2.41. The van der Waals surface area contributed by atoms with Crippen LogP contribution >= 0.6 is 11.6 Å². The first-order chi connectivity index (χ1) is 9.43. The van der Waals surface area contributed by atoms with Crippen molar-refractivity contribution >= 4 is 23.4 Å². The molecule has 20 heavy (non-hydrogen) atoms. The van der Waals surface area contributed by atoms with Gasteiger partial charge in [0.05, 0.1) is 12.1 Å². The predicted molar refractivity (Wildman–Crippen MR) is 70.4 cm³/mol. The Labute approximate surface area is 118 Å². The van der Waals surface area contributed by atoms with Gasteiger partial charge in [-0.1, -0.05) is 11.6 Å². The smallest absolute Gasteiger partial charge is 0.358 e. The summed E-state index contributed by atoms with van der Waals surface area (Å²) in [6, 6.07) is 3.87. The molecule has 0 aliphatic heterocycles. The molecule has 0 aliphatic rings. The van der Waals surface area contributed by atoms with Crippen molar-refractivity contribution in [2.24, 2.45) is 0 Å². The van der Waals surface area contributed by atoms with E-state index in [-0.39, 0.29) is 28.0 Å². The average molecular weight is 298 g/mol. The van der Waals surface area contributed by atoms with Gasteiger partial charge in [0.15, 0.2) is 23.1 Å². The van der Waals surface area contributed by atoms with E-state index in [2.05, 4.69) is 9.97 Å². The summed E-state index contributed by atoms with van der Waals surface area (Å²) >= 11 is 5.57. The van der Waals surface area contributed by atoms with Crippen LogP contribution in [0.2, 0.25) is 5.02 Å². The van der Waals surface area contributed by atoms with Crippen molar-refractivity contribution in [2.75, 3.05) is 12.8 Å². The number of rotatable bonds is 3. The largest absolute Gasteiger partial charge is 0.491 e. The average Bonchev–Trinajstić information content (AvgIpc) is 2.40. The molecule has 0 saturated carbocycles. The number of hydrogen-bond acceptors (Lipinski definition) is 5. The van der Waals surface area contributed by atoms with Crippen LogP contribution in [0.3, 0.4) is 0 Å². The van der Waals surface area contributed by atoms with E-state index in [0.717, 1.165) is 6.07 Å². The molecule has 1 aromatic carbocycles. The van der Waals surface area contributed by atoms with Crippen LogP contribution in [-0.4, -0.2) is 28.2 Å². The van der Waals surface area contributed by atoms with Crippen molar-refractivity contribution in [3.8, 4) is 17.1 Å². The molecule has 0 spiro atoms. The summed E-state index contributed by atoms with van der Waals surface area (Å²) in [4.78, 5) is 18.8. The van der Waals surface area contributed by atoms with Gasteiger partial charge in [0.25, 0.3) is 0 Å². The molecular formula is C12H9ClFN3O3. The number of hydrogen-bond donors (Lipinski definition) is 2. The number of nitrogens with two attached hydrogens (primary N) is 1. The number of aromatic carboxylic acids is 1. The van der Waals surface area contributed by atoms with E-state index >= 15 is 0 Å². The lowest BCUT2D eigenvalue weighted by atomic mass is 10.2. The number of nitrogen functional groups attached to an aromatic ring is 1. The number of carboxylic acids is 1. The minimum Gasteiger partial charge on any atom is -0.491 e. The van der Waals surface area contributed by atoms with Gasteiger partial charge in [0.2, 0.25) is 0 Å². The van der Waals surface area contributed by atoms with Crippen LogP contribution < -0.4 is 10.5 Å².